The van der Waals surface area contributed by atoms with Crippen LogP contribution in [0.2, 0.25) is 0 Å². The quantitative estimate of drug-likeness (QED) is 0.189. The number of benzene rings is 1. The summed E-state index contributed by atoms with van der Waals surface area (Å²) < 4.78 is 5.28. The van der Waals surface area contributed by atoms with Crippen molar-refractivity contribution in [2.45, 2.75) is 46.1 Å². The zero-order valence-electron chi connectivity index (χ0n) is 23.4. The SMILES string of the molecule is CCc1ccc(-c2cc([NH+]=C(N)/C=C(/C)NC)c(=O)n(C)c2)c(C=O)c1-n1ccc2c(cc3n2CCCC3)c1=O. The molecular weight excluding hydrogens is 504 g/mol. The lowest BCUT2D eigenvalue weighted by Gasteiger charge is -2.18. The molecule has 0 bridgehead atoms. The van der Waals surface area contributed by atoms with Crippen LogP contribution in [0.3, 0.4) is 0 Å². The minimum Gasteiger partial charge on any atom is -0.391 e. The molecule has 0 saturated heterocycles. The molecule has 9 heteroatoms. The highest BCUT2D eigenvalue weighted by atomic mass is 16.1. The van der Waals surface area contributed by atoms with Crippen LogP contribution >= 0.6 is 0 Å². The van der Waals surface area contributed by atoms with E-state index in [9.17, 15) is 14.4 Å². The van der Waals surface area contributed by atoms with Crippen molar-refractivity contribution in [3.63, 3.8) is 0 Å². The van der Waals surface area contributed by atoms with Gasteiger partial charge >= 0.3 is 0 Å². The number of nitrogens with zero attached hydrogens (tertiary/aromatic N) is 3. The van der Waals surface area contributed by atoms with Crippen LogP contribution in [-0.2, 0) is 26.4 Å². The average molecular weight is 540 g/mol. The fourth-order valence-corrected chi connectivity index (χ4v) is 5.58. The standard InChI is InChI=1S/C31H34N6O3/c1-5-20-9-10-23(21-15-26(31(40)35(4)17-21)34-28(32)14-19(2)33-3)25(18-38)29(20)37-13-11-27-24(30(37)39)16-22-8-6-7-12-36(22)27/h9-11,13-18,33H,5-8,12H2,1-4H3,(H2,32,34)/p+1/b19-14-. The Hall–Kier alpha value is -4.66. The van der Waals surface area contributed by atoms with E-state index in [1.54, 1.807) is 43.2 Å². The Balaban J connectivity index is 1.72. The summed E-state index contributed by atoms with van der Waals surface area (Å²) in [5.74, 6) is 0.300. The summed E-state index contributed by atoms with van der Waals surface area (Å²) >= 11 is 0. The molecule has 206 valence electrons. The minimum atomic E-state index is -0.264. The minimum absolute atomic E-state index is 0.147. The van der Waals surface area contributed by atoms with Crippen LogP contribution in [0.4, 0.5) is 5.69 Å². The number of carbonyl (C=O) groups is 1. The van der Waals surface area contributed by atoms with Gasteiger partial charge in [-0.15, -0.1) is 0 Å². The van der Waals surface area contributed by atoms with Gasteiger partial charge in [0.2, 0.25) is 0 Å². The van der Waals surface area contributed by atoms with E-state index in [4.69, 9.17) is 5.73 Å². The topological polar surface area (TPSA) is 118 Å². The second-order valence-electron chi connectivity index (χ2n) is 10.3. The van der Waals surface area contributed by atoms with Crippen molar-refractivity contribution < 1.29 is 9.79 Å². The third kappa shape index (κ3) is 4.68. The first-order valence-electron chi connectivity index (χ1n) is 13.6. The smallest absolute Gasteiger partial charge is 0.297 e. The molecular formula is C31H35N6O3+. The van der Waals surface area contributed by atoms with E-state index in [2.05, 4.69) is 14.9 Å². The molecule has 0 spiro atoms. The summed E-state index contributed by atoms with van der Waals surface area (Å²) in [7, 11) is 3.43. The maximum Gasteiger partial charge on any atom is 0.297 e. The highest BCUT2D eigenvalue weighted by Crippen LogP contribution is 2.31. The van der Waals surface area contributed by atoms with Crippen LogP contribution < -0.4 is 27.2 Å². The second-order valence-corrected chi connectivity index (χ2v) is 10.3. The van der Waals surface area contributed by atoms with Crippen molar-refractivity contribution in [2.75, 3.05) is 7.05 Å². The molecule has 1 aromatic carbocycles. The number of fused-ring (bicyclic) bond motifs is 3. The fourth-order valence-electron chi connectivity index (χ4n) is 5.58. The van der Waals surface area contributed by atoms with Crippen LogP contribution in [0.25, 0.3) is 27.7 Å². The van der Waals surface area contributed by atoms with Gasteiger partial charge in [-0.05, 0) is 61.9 Å². The molecule has 0 radical (unpaired) electrons. The Morgan fingerprint density at radius 3 is 2.67 bits per heavy atom. The zero-order chi connectivity index (χ0) is 28.6. The van der Waals surface area contributed by atoms with E-state index >= 15 is 0 Å². The summed E-state index contributed by atoms with van der Waals surface area (Å²) in [5.41, 5.74) is 12.0. The number of aldehydes is 1. The first kappa shape index (κ1) is 26.9. The van der Waals surface area contributed by atoms with Gasteiger partial charge in [0, 0.05) is 61.6 Å². The number of aromatic nitrogens is 3. The van der Waals surface area contributed by atoms with Gasteiger partial charge in [-0.1, -0.05) is 19.1 Å². The van der Waals surface area contributed by atoms with Crippen molar-refractivity contribution in [1.82, 2.24) is 19.0 Å². The number of nitrogens with one attached hydrogen (secondary N) is 2. The van der Waals surface area contributed by atoms with Crippen molar-refractivity contribution >= 4 is 28.7 Å². The van der Waals surface area contributed by atoms with E-state index in [1.165, 1.54) is 10.3 Å². The Morgan fingerprint density at radius 2 is 1.95 bits per heavy atom. The molecule has 0 atom stereocenters. The van der Waals surface area contributed by atoms with Crippen LogP contribution in [0.5, 0.6) is 0 Å². The number of allylic oxidation sites excluding steroid dienone is 1. The van der Waals surface area contributed by atoms with E-state index in [0.717, 1.165) is 48.9 Å². The lowest BCUT2D eigenvalue weighted by Crippen LogP contribution is -2.71. The third-order valence-electron chi connectivity index (χ3n) is 7.70. The van der Waals surface area contributed by atoms with E-state index < -0.39 is 0 Å². The third-order valence-corrected chi connectivity index (χ3v) is 7.70. The van der Waals surface area contributed by atoms with Crippen molar-refractivity contribution in [3.8, 4) is 16.8 Å². The molecule has 4 heterocycles. The Kier molecular flexibility index (Phi) is 7.30. The first-order valence-corrected chi connectivity index (χ1v) is 13.6. The van der Waals surface area contributed by atoms with E-state index in [1.807, 2.05) is 38.1 Å². The maximum atomic E-state index is 13.9. The predicted molar refractivity (Wildman–Crippen MR) is 159 cm³/mol. The Bertz CT molecular complexity index is 1820. The van der Waals surface area contributed by atoms with Crippen molar-refractivity contribution in [2.24, 2.45) is 12.8 Å². The normalized spacial score (nSPS) is 13.9. The van der Waals surface area contributed by atoms with Crippen LogP contribution in [-0.4, -0.2) is 32.9 Å². The summed E-state index contributed by atoms with van der Waals surface area (Å²) in [5, 5.41) is 3.65. The molecule has 0 unspecified atom stereocenters. The molecule has 0 aliphatic carbocycles. The summed E-state index contributed by atoms with van der Waals surface area (Å²) in [6.45, 7) is 4.77. The van der Waals surface area contributed by atoms with Gasteiger partial charge in [0.25, 0.3) is 17.0 Å². The van der Waals surface area contributed by atoms with Gasteiger partial charge in [-0.25, -0.2) is 4.99 Å². The maximum absolute atomic E-state index is 13.9. The van der Waals surface area contributed by atoms with Gasteiger partial charge in [-0.2, -0.15) is 0 Å². The summed E-state index contributed by atoms with van der Waals surface area (Å²) in [4.78, 5) is 42.5. The van der Waals surface area contributed by atoms with Crippen LogP contribution in [0, 0.1) is 0 Å². The Labute approximate surface area is 232 Å². The number of hydrogen-bond acceptors (Lipinski definition) is 4. The summed E-state index contributed by atoms with van der Waals surface area (Å²) in [6.07, 6.45) is 9.76. The molecule has 4 aromatic rings. The lowest BCUT2D eigenvalue weighted by molar-refractivity contribution is -0.355. The van der Waals surface area contributed by atoms with Gasteiger partial charge in [0.05, 0.1) is 16.6 Å². The van der Waals surface area contributed by atoms with E-state index in [0.29, 0.717) is 40.0 Å². The van der Waals surface area contributed by atoms with Gasteiger partial charge in [0.15, 0.2) is 12.0 Å². The average Bonchev–Trinajstić information content (AvgIpc) is 3.34. The number of rotatable bonds is 7. The molecule has 3 aromatic heterocycles. The predicted octanol–water partition coefficient (Wildman–Crippen LogP) is 2.06. The molecule has 1 aliphatic rings. The largest absolute Gasteiger partial charge is 0.391 e. The highest BCUT2D eigenvalue weighted by Gasteiger charge is 2.21. The fraction of sp³-hybridized carbons (Fsp3) is 0.290. The van der Waals surface area contributed by atoms with Gasteiger partial charge in [0.1, 0.15) is 0 Å². The molecule has 0 amide bonds. The molecule has 40 heavy (non-hydrogen) atoms. The molecule has 0 fully saturated rings. The van der Waals surface area contributed by atoms with Crippen LogP contribution in [0.15, 0.2) is 64.1 Å². The second kappa shape index (κ2) is 10.8. The number of hydrogen-bond donors (Lipinski definition) is 3. The lowest BCUT2D eigenvalue weighted by atomic mass is 9.95. The van der Waals surface area contributed by atoms with Gasteiger partial charge in [-0.3, -0.25) is 24.7 Å². The molecule has 0 saturated carbocycles. The zero-order valence-corrected chi connectivity index (χ0v) is 23.4. The number of carbonyl (C=O) groups excluding carboxylic acids is 1. The van der Waals surface area contributed by atoms with Crippen LogP contribution in [0.1, 0.15) is 48.3 Å². The number of nitrogens with two attached hydrogens (primary N) is 1. The Morgan fingerprint density at radius 1 is 1.15 bits per heavy atom. The highest BCUT2D eigenvalue weighted by molar-refractivity contribution is 5.94. The van der Waals surface area contributed by atoms with Crippen molar-refractivity contribution in [3.05, 3.63) is 92.0 Å². The van der Waals surface area contributed by atoms with Crippen molar-refractivity contribution in [1.29, 1.82) is 0 Å². The number of aryl methyl sites for hydroxylation is 4. The molecule has 4 N–H and O–H groups in total. The monoisotopic (exact) mass is 539 g/mol. The van der Waals surface area contributed by atoms with E-state index in [-0.39, 0.29) is 16.8 Å². The first-order chi connectivity index (χ1) is 19.3. The summed E-state index contributed by atoms with van der Waals surface area (Å²) in [6, 6.07) is 9.47. The number of amidine groups is 1. The molecule has 5 rings (SSSR count). The van der Waals surface area contributed by atoms with Gasteiger partial charge < -0.3 is 14.5 Å². The number of pyridine rings is 2. The molecule has 9 nitrogen and oxygen atoms in total. The molecule has 1 aliphatic heterocycles.